The Morgan fingerprint density at radius 1 is 1.00 bits per heavy atom. The van der Waals surface area contributed by atoms with Gasteiger partial charge in [0.2, 0.25) is 6.29 Å². The average Bonchev–Trinajstić information content (AvgIpc) is 2.82. The molecule has 0 amide bonds. The van der Waals surface area contributed by atoms with Crippen molar-refractivity contribution in [1.82, 2.24) is 0 Å². The molecule has 1 aliphatic heterocycles. The van der Waals surface area contributed by atoms with Gasteiger partial charge in [-0.1, -0.05) is 30.3 Å². The second-order valence-electron chi connectivity index (χ2n) is 7.18. The minimum atomic E-state index is -1.66. The maximum Gasteiger partial charge on any atom is 0.335 e. The van der Waals surface area contributed by atoms with Crippen LogP contribution < -0.4 is 9.47 Å². The van der Waals surface area contributed by atoms with Crippen LogP contribution in [0.2, 0.25) is 0 Å². The molecule has 10 nitrogen and oxygen atoms in total. The number of carbonyl (C=O) groups excluding carboxylic acids is 1. The summed E-state index contributed by atoms with van der Waals surface area (Å²) in [4.78, 5) is 23.1. The first-order valence-electron chi connectivity index (χ1n) is 9.97. The van der Waals surface area contributed by atoms with Crippen LogP contribution in [0.5, 0.6) is 11.5 Å². The summed E-state index contributed by atoms with van der Waals surface area (Å²) in [5, 5.41) is 39.8. The number of esters is 1. The molecule has 1 heterocycles. The fourth-order valence-corrected chi connectivity index (χ4v) is 3.12. The van der Waals surface area contributed by atoms with E-state index < -0.39 is 49.3 Å². The molecule has 0 spiro atoms. The molecular weight excluding hydrogens is 436 g/mol. The van der Waals surface area contributed by atoms with Crippen molar-refractivity contribution < 1.29 is 49.0 Å². The highest BCUT2D eigenvalue weighted by Crippen LogP contribution is 2.32. The van der Waals surface area contributed by atoms with Gasteiger partial charge in [0.25, 0.3) is 0 Å². The minimum Gasteiger partial charge on any atom is -0.493 e. The third-order valence-electron chi connectivity index (χ3n) is 4.92. The molecule has 0 radical (unpaired) electrons. The molecule has 3 rings (SSSR count). The first-order valence-corrected chi connectivity index (χ1v) is 9.97. The maximum atomic E-state index is 12.0. The number of benzene rings is 2. The predicted molar refractivity (Wildman–Crippen MR) is 114 cm³/mol. The van der Waals surface area contributed by atoms with Crippen LogP contribution in [0.15, 0.2) is 54.6 Å². The van der Waals surface area contributed by atoms with Crippen molar-refractivity contribution in [3.8, 4) is 11.5 Å². The SMILES string of the molecule is COc1cc(C(=O)O)ccc1O[C@@H]1O[C@H](COC(=O)C=Cc2ccccc2)[C@@H](O)[C@H](O)[C@H]1O. The van der Waals surface area contributed by atoms with Gasteiger partial charge >= 0.3 is 11.9 Å². The van der Waals surface area contributed by atoms with Gasteiger partial charge in [-0.05, 0) is 29.8 Å². The zero-order chi connectivity index (χ0) is 24.0. The molecule has 0 unspecified atom stereocenters. The third-order valence-corrected chi connectivity index (χ3v) is 4.92. The van der Waals surface area contributed by atoms with Crippen LogP contribution in [0.25, 0.3) is 6.08 Å². The number of carbonyl (C=O) groups is 2. The van der Waals surface area contributed by atoms with E-state index in [4.69, 9.17) is 24.1 Å². The number of hydrogen-bond acceptors (Lipinski definition) is 9. The van der Waals surface area contributed by atoms with Crippen LogP contribution in [0.4, 0.5) is 0 Å². The van der Waals surface area contributed by atoms with Gasteiger partial charge in [-0.15, -0.1) is 0 Å². The highest BCUT2D eigenvalue weighted by Gasteiger charge is 2.45. The quantitative estimate of drug-likeness (QED) is 0.329. The standard InChI is InChI=1S/C23H24O10/c1-30-16-11-14(22(28)29)8-9-15(16)32-23-21(27)20(26)19(25)17(33-23)12-31-18(24)10-7-13-5-3-2-4-6-13/h2-11,17,19-21,23,25-27H,12H2,1H3,(H,28,29)/t17-,19-,20+,21-,23-/m1/s1. The fraction of sp³-hybridized carbons (Fsp3) is 0.304. The van der Waals surface area contributed by atoms with Crippen molar-refractivity contribution in [2.75, 3.05) is 13.7 Å². The van der Waals surface area contributed by atoms with E-state index >= 15 is 0 Å². The highest BCUT2D eigenvalue weighted by atomic mass is 16.7. The van der Waals surface area contributed by atoms with Gasteiger partial charge in [0.1, 0.15) is 31.0 Å². The van der Waals surface area contributed by atoms with Gasteiger partial charge in [0.05, 0.1) is 12.7 Å². The zero-order valence-electron chi connectivity index (χ0n) is 17.6. The lowest BCUT2D eigenvalue weighted by atomic mass is 9.99. The monoisotopic (exact) mass is 460 g/mol. The van der Waals surface area contributed by atoms with E-state index in [0.717, 1.165) is 5.56 Å². The number of aliphatic hydroxyl groups excluding tert-OH is 3. The Kier molecular flexibility index (Phi) is 8.01. The van der Waals surface area contributed by atoms with Gasteiger partial charge in [0, 0.05) is 6.08 Å². The van der Waals surface area contributed by atoms with E-state index in [0.29, 0.717) is 0 Å². The van der Waals surface area contributed by atoms with E-state index in [1.165, 1.54) is 31.4 Å². The van der Waals surface area contributed by atoms with Gasteiger partial charge in [0.15, 0.2) is 11.5 Å². The predicted octanol–water partition coefficient (Wildman–Crippen LogP) is 0.836. The van der Waals surface area contributed by atoms with Gasteiger partial charge in [-0.25, -0.2) is 9.59 Å². The molecule has 33 heavy (non-hydrogen) atoms. The Bertz CT molecular complexity index is 990. The number of aromatic carboxylic acids is 1. The Morgan fingerprint density at radius 3 is 2.39 bits per heavy atom. The smallest absolute Gasteiger partial charge is 0.335 e. The molecule has 176 valence electrons. The van der Waals surface area contributed by atoms with E-state index in [1.54, 1.807) is 18.2 Å². The number of rotatable bonds is 8. The lowest BCUT2D eigenvalue weighted by Crippen LogP contribution is -2.60. The Labute approximate surface area is 189 Å². The van der Waals surface area contributed by atoms with Crippen LogP contribution in [0.3, 0.4) is 0 Å². The molecule has 0 aromatic heterocycles. The Morgan fingerprint density at radius 2 is 1.73 bits per heavy atom. The van der Waals surface area contributed by atoms with Crippen LogP contribution in [-0.4, -0.2) is 76.8 Å². The normalized spacial score (nSPS) is 24.9. The van der Waals surface area contributed by atoms with Crippen molar-refractivity contribution in [3.05, 3.63) is 65.7 Å². The van der Waals surface area contributed by atoms with Crippen LogP contribution in [-0.2, 0) is 14.3 Å². The van der Waals surface area contributed by atoms with E-state index in [1.807, 2.05) is 18.2 Å². The number of carboxylic acids is 1. The Balaban J connectivity index is 1.65. The minimum absolute atomic E-state index is 0.0386. The summed E-state index contributed by atoms with van der Waals surface area (Å²) >= 11 is 0. The molecule has 4 N–H and O–H groups in total. The third kappa shape index (κ3) is 6.08. The van der Waals surface area contributed by atoms with E-state index in [9.17, 15) is 24.9 Å². The fourth-order valence-electron chi connectivity index (χ4n) is 3.12. The maximum absolute atomic E-state index is 12.0. The first-order chi connectivity index (χ1) is 15.8. The zero-order valence-corrected chi connectivity index (χ0v) is 17.6. The van der Waals surface area contributed by atoms with E-state index in [-0.39, 0.29) is 17.1 Å². The number of hydrogen-bond donors (Lipinski definition) is 4. The Hall–Kier alpha value is -3.44. The van der Waals surface area contributed by atoms with E-state index in [2.05, 4.69) is 0 Å². The molecule has 0 bridgehead atoms. The molecule has 0 saturated carbocycles. The van der Waals surface area contributed by atoms with Crippen molar-refractivity contribution in [2.45, 2.75) is 30.7 Å². The molecule has 2 aromatic rings. The van der Waals surface area contributed by atoms with Crippen LogP contribution in [0, 0.1) is 0 Å². The number of carboxylic acid groups (broad SMARTS) is 1. The molecule has 2 aromatic carbocycles. The van der Waals surface area contributed by atoms with Gasteiger partial charge in [-0.2, -0.15) is 0 Å². The molecule has 5 atom stereocenters. The van der Waals surface area contributed by atoms with Crippen molar-refractivity contribution in [3.63, 3.8) is 0 Å². The van der Waals surface area contributed by atoms with Gasteiger partial charge < -0.3 is 39.4 Å². The van der Waals surface area contributed by atoms with Crippen LogP contribution >= 0.6 is 0 Å². The van der Waals surface area contributed by atoms with Crippen molar-refractivity contribution in [1.29, 1.82) is 0 Å². The second kappa shape index (κ2) is 10.9. The summed E-state index contributed by atoms with van der Waals surface area (Å²) in [5.74, 6) is -1.77. The summed E-state index contributed by atoms with van der Waals surface area (Å²) in [6.07, 6.45) is -4.76. The highest BCUT2D eigenvalue weighted by molar-refractivity contribution is 5.88. The summed E-state index contributed by atoms with van der Waals surface area (Å²) in [7, 11) is 1.30. The van der Waals surface area contributed by atoms with Crippen molar-refractivity contribution in [2.24, 2.45) is 0 Å². The summed E-state index contributed by atoms with van der Waals surface area (Å²) < 4.78 is 21.3. The lowest BCUT2D eigenvalue weighted by molar-refractivity contribution is -0.278. The molecule has 10 heteroatoms. The number of ether oxygens (including phenoxy) is 4. The molecule has 0 aliphatic carbocycles. The number of aliphatic hydroxyl groups is 3. The molecular formula is C23H24O10. The van der Waals surface area contributed by atoms with Crippen molar-refractivity contribution >= 4 is 18.0 Å². The number of methoxy groups -OCH3 is 1. The summed E-state index contributed by atoms with van der Waals surface area (Å²) in [5.41, 5.74) is 0.742. The summed E-state index contributed by atoms with van der Waals surface area (Å²) in [6, 6.07) is 12.9. The molecule has 1 aliphatic rings. The second-order valence-corrected chi connectivity index (χ2v) is 7.18. The lowest BCUT2D eigenvalue weighted by Gasteiger charge is -2.40. The molecule has 1 saturated heterocycles. The first kappa shape index (κ1) is 24.2. The average molecular weight is 460 g/mol. The molecule has 1 fully saturated rings. The largest absolute Gasteiger partial charge is 0.493 e. The topological polar surface area (TPSA) is 152 Å². The van der Waals surface area contributed by atoms with Gasteiger partial charge in [-0.3, -0.25) is 0 Å². The van der Waals surface area contributed by atoms with Crippen LogP contribution in [0.1, 0.15) is 15.9 Å². The summed E-state index contributed by atoms with van der Waals surface area (Å²) in [6.45, 7) is -0.419.